The molecule has 2 aliphatic carbocycles. The standard InChI is InChI=1S/C38H43FN6O4/c1-37(2,3)48-35(46)44-27-15-24(27)17-29(44)33-40-19-26(41-33)22-11-7-20(8-12-22)21-9-13-23(14-10-21)31-32(39)43-34(42-31)30-18-25-16-28(25)45(30)36(47)49-38(4,5)6/h7-14,19,24-25,27-30H,15-18H2,1-6H3,(H,40,41)(H,42,43)/t24-,25?,27-,28?,29+,30+/m1/s1. The van der Waals surface area contributed by atoms with Crippen molar-refractivity contribution in [3.8, 4) is 33.6 Å². The number of aromatic nitrogens is 4. The van der Waals surface area contributed by atoms with Crippen LogP contribution >= 0.6 is 0 Å². The van der Waals surface area contributed by atoms with Gasteiger partial charge < -0.3 is 19.4 Å². The van der Waals surface area contributed by atoms with Gasteiger partial charge in [0.15, 0.2) is 0 Å². The molecule has 2 amide bonds. The van der Waals surface area contributed by atoms with E-state index in [1.165, 1.54) is 0 Å². The predicted molar refractivity (Wildman–Crippen MR) is 182 cm³/mol. The molecule has 0 spiro atoms. The maximum atomic E-state index is 15.2. The van der Waals surface area contributed by atoms with E-state index in [2.05, 4.69) is 19.9 Å². The minimum Gasteiger partial charge on any atom is -0.444 e. The van der Waals surface area contributed by atoms with Crippen molar-refractivity contribution in [1.29, 1.82) is 0 Å². The van der Waals surface area contributed by atoms with E-state index in [9.17, 15) is 9.59 Å². The molecule has 0 bridgehead atoms. The predicted octanol–water partition coefficient (Wildman–Crippen LogP) is 8.41. The van der Waals surface area contributed by atoms with Crippen molar-refractivity contribution >= 4 is 12.2 Å². The van der Waals surface area contributed by atoms with Gasteiger partial charge in [0.2, 0.25) is 5.95 Å². The monoisotopic (exact) mass is 666 g/mol. The van der Waals surface area contributed by atoms with Gasteiger partial charge >= 0.3 is 12.2 Å². The van der Waals surface area contributed by atoms with E-state index in [1.807, 2.05) is 101 Å². The van der Waals surface area contributed by atoms with Gasteiger partial charge in [-0.15, -0.1) is 0 Å². The summed E-state index contributed by atoms with van der Waals surface area (Å²) < 4.78 is 26.6. The van der Waals surface area contributed by atoms with Crippen molar-refractivity contribution in [3.05, 3.63) is 72.3 Å². The van der Waals surface area contributed by atoms with Gasteiger partial charge in [0.05, 0.1) is 24.0 Å². The number of likely N-dealkylation sites (tertiary alicyclic amines) is 2. The third-order valence-corrected chi connectivity index (χ3v) is 10.0. The van der Waals surface area contributed by atoms with E-state index in [0.29, 0.717) is 23.2 Å². The second-order valence-electron chi connectivity index (χ2n) is 16.0. The number of benzene rings is 2. The average Bonchev–Trinajstić information content (AvgIpc) is 3.67. The van der Waals surface area contributed by atoms with E-state index < -0.39 is 17.1 Å². The van der Waals surface area contributed by atoms with Gasteiger partial charge in [0.1, 0.15) is 28.5 Å². The summed E-state index contributed by atoms with van der Waals surface area (Å²) in [6, 6.07) is 15.7. The van der Waals surface area contributed by atoms with Crippen LogP contribution in [0.5, 0.6) is 0 Å². The molecule has 49 heavy (non-hydrogen) atoms. The number of H-pyrrole nitrogens is 2. The zero-order valence-electron chi connectivity index (χ0n) is 28.8. The number of carbonyl (C=O) groups excluding carboxylic acids is 2. The fraction of sp³-hybridized carbons (Fsp3) is 0.474. The van der Waals surface area contributed by atoms with E-state index in [1.54, 1.807) is 4.90 Å². The number of halogens is 1. The Labute approximate surface area is 285 Å². The molecule has 4 aliphatic rings. The maximum absolute atomic E-state index is 15.2. The van der Waals surface area contributed by atoms with E-state index in [4.69, 9.17) is 9.47 Å². The summed E-state index contributed by atoms with van der Waals surface area (Å²) >= 11 is 0. The van der Waals surface area contributed by atoms with Crippen molar-refractivity contribution in [1.82, 2.24) is 29.7 Å². The van der Waals surface area contributed by atoms with Gasteiger partial charge in [0.25, 0.3) is 0 Å². The number of fused-ring (bicyclic) bond motifs is 2. The molecule has 2 aromatic carbocycles. The molecule has 4 fully saturated rings. The molecule has 8 rings (SSSR count). The second kappa shape index (κ2) is 11.2. The lowest BCUT2D eigenvalue weighted by Crippen LogP contribution is -2.38. The van der Waals surface area contributed by atoms with Crippen LogP contribution in [0.15, 0.2) is 54.7 Å². The fourth-order valence-corrected chi connectivity index (χ4v) is 7.59. The topological polar surface area (TPSA) is 116 Å². The van der Waals surface area contributed by atoms with Crippen molar-refractivity contribution < 1.29 is 23.5 Å². The number of hydrogen-bond donors (Lipinski definition) is 2. The zero-order chi connectivity index (χ0) is 34.4. The summed E-state index contributed by atoms with van der Waals surface area (Å²) in [4.78, 5) is 45.2. The van der Waals surface area contributed by atoms with Crippen LogP contribution in [-0.4, -0.2) is 65.2 Å². The van der Waals surface area contributed by atoms with Gasteiger partial charge in [0, 0.05) is 17.6 Å². The first-order valence-corrected chi connectivity index (χ1v) is 17.3. The first-order valence-electron chi connectivity index (χ1n) is 17.3. The van der Waals surface area contributed by atoms with E-state index >= 15 is 4.39 Å². The number of imidazole rings is 2. The zero-order valence-corrected chi connectivity index (χ0v) is 28.8. The van der Waals surface area contributed by atoms with Crippen molar-refractivity contribution in [2.75, 3.05) is 0 Å². The largest absolute Gasteiger partial charge is 0.444 e. The number of piperidine rings is 2. The molecular weight excluding hydrogens is 623 g/mol. The minimum absolute atomic E-state index is 0.117. The molecule has 4 aromatic rings. The molecule has 4 heterocycles. The molecule has 2 saturated heterocycles. The Morgan fingerprint density at radius 2 is 1.16 bits per heavy atom. The maximum Gasteiger partial charge on any atom is 0.411 e. The SMILES string of the molecule is CC(C)(C)OC(=O)N1C2CC2C[C@H]1c1nc(-c2ccc(-c3ccc(-c4cnc([C@@H]5C[C@H]6C[C@H]6N5C(=O)OC(C)(C)C)[nH]4)cc3)cc2)c(F)[nH]1. The lowest BCUT2D eigenvalue weighted by atomic mass is 10.0. The van der Waals surface area contributed by atoms with Gasteiger partial charge in [-0.1, -0.05) is 48.5 Å². The highest BCUT2D eigenvalue weighted by Crippen LogP contribution is 2.54. The van der Waals surface area contributed by atoms with Gasteiger partial charge in [-0.05, 0) is 95.8 Å². The normalized spacial score (nSPS) is 25.6. The number of rotatable bonds is 5. The molecule has 256 valence electrons. The molecule has 0 radical (unpaired) electrons. The van der Waals surface area contributed by atoms with Crippen LogP contribution in [-0.2, 0) is 9.47 Å². The third-order valence-electron chi connectivity index (χ3n) is 10.0. The minimum atomic E-state index is -0.610. The summed E-state index contributed by atoms with van der Waals surface area (Å²) in [6.45, 7) is 11.2. The van der Waals surface area contributed by atoms with Gasteiger partial charge in [-0.3, -0.25) is 9.80 Å². The van der Waals surface area contributed by atoms with Crippen molar-refractivity contribution in [2.45, 2.75) is 103 Å². The Kier molecular flexibility index (Phi) is 7.21. The van der Waals surface area contributed by atoms with Crippen LogP contribution in [0.2, 0.25) is 0 Å². The molecule has 11 heteroatoms. The highest BCUT2D eigenvalue weighted by Gasteiger charge is 2.57. The highest BCUT2D eigenvalue weighted by molar-refractivity contribution is 5.73. The molecule has 2 aromatic heterocycles. The number of hydrogen-bond acceptors (Lipinski definition) is 6. The number of ether oxygens (including phenoxy) is 2. The third kappa shape index (κ3) is 6.08. The quantitative estimate of drug-likeness (QED) is 0.221. The Balaban J connectivity index is 0.952. The summed E-state index contributed by atoms with van der Waals surface area (Å²) in [7, 11) is 0. The smallest absolute Gasteiger partial charge is 0.411 e. The van der Waals surface area contributed by atoms with Gasteiger partial charge in [-0.25, -0.2) is 19.6 Å². The van der Waals surface area contributed by atoms with Crippen LogP contribution < -0.4 is 0 Å². The number of nitrogens with zero attached hydrogens (tertiary/aromatic N) is 4. The first-order chi connectivity index (χ1) is 23.2. The molecule has 10 nitrogen and oxygen atoms in total. The molecule has 2 saturated carbocycles. The molecule has 2 N–H and O–H groups in total. The lowest BCUT2D eigenvalue weighted by Gasteiger charge is -2.29. The van der Waals surface area contributed by atoms with E-state index in [0.717, 1.165) is 53.9 Å². The lowest BCUT2D eigenvalue weighted by molar-refractivity contribution is 0.0164. The van der Waals surface area contributed by atoms with Crippen LogP contribution in [0, 0.1) is 17.8 Å². The molecule has 6 atom stereocenters. The summed E-state index contributed by atoms with van der Waals surface area (Å²) in [5.41, 5.74) is 3.61. The Morgan fingerprint density at radius 1 is 0.694 bits per heavy atom. The number of nitrogens with one attached hydrogen (secondary N) is 2. The Hall–Kier alpha value is -4.67. The Bertz CT molecular complexity index is 1900. The van der Waals surface area contributed by atoms with Crippen LogP contribution in [0.4, 0.5) is 14.0 Å². The Morgan fingerprint density at radius 3 is 1.67 bits per heavy atom. The molecule has 2 unspecified atom stereocenters. The molecule has 2 aliphatic heterocycles. The average molecular weight is 667 g/mol. The van der Waals surface area contributed by atoms with Crippen molar-refractivity contribution in [3.63, 3.8) is 0 Å². The van der Waals surface area contributed by atoms with Crippen LogP contribution in [0.1, 0.15) is 91.0 Å². The van der Waals surface area contributed by atoms with Crippen LogP contribution in [0.3, 0.4) is 0 Å². The number of aromatic amines is 2. The second-order valence-corrected chi connectivity index (χ2v) is 16.0. The summed E-state index contributed by atoms with van der Waals surface area (Å²) in [5, 5.41) is 0. The summed E-state index contributed by atoms with van der Waals surface area (Å²) in [5.74, 6) is 1.64. The summed E-state index contributed by atoms with van der Waals surface area (Å²) in [6.07, 6.45) is 4.79. The molecular formula is C38H43FN6O4. The van der Waals surface area contributed by atoms with Crippen molar-refractivity contribution in [2.24, 2.45) is 11.8 Å². The number of carbonyl (C=O) groups is 2. The van der Waals surface area contributed by atoms with E-state index in [-0.39, 0.29) is 42.0 Å². The van der Waals surface area contributed by atoms with Crippen LogP contribution in [0.25, 0.3) is 33.6 Å². The van der Waals surface area contributed by atoms with Gasteiger partial charge in [-0.2, -0.15) is 4.39 Å². The highest BCUT2D eigenvalue weighted by atomic mass is 19.1. The first kappa shape index (κ1) is 31.6. The number of amides is 2. The fourth-order valence-electron chi connectivity index (χ4n) is 7.59.